The normalized spacial score (nSPS) is 21.7. The Labute approximate surface area is 208 Å². The minimum Gasteiger partial charge on any atom is -0.477 e. The maximum atomic E-state index is 14.1. The van der Waals surface area contributed by atoms with Crippen LogP contribution in [0.25, 0.3) is 0 Å². The average Bonchev–Trinajstić information content (AvgIpc) is 2.84. The molecule has 0 radical (unpaired) electrons. The number of benzene rings is 1. The van der Waals surface area contributed by atoms with E-state index in [4.69, 9.17) is 16.3 Å². The van der Waals surface area contributed by atoms with Crippen molar-refractivity contribution < 1.29 is 26.7 Å². The van der Waals surface area contributed by atoms with Gasteiger partial charge in [0.25, 0.3) is 0 Å². The van der Waals surface area contributed by atoms with Gasteiger partial charge in [-0.1, -0.05) is 17.7 Å². The molecule has 1 aromatic carbocycles. The largest absolute Gasteiger partial charge is 0.477 e. The van der Waals surface area contributed by atoms with Gasteiger partial charge in [0.05, 0.1) is 17.9 Å². The van der Waals surface area contributed by atoms with Crippen molar-refractivity contribution in [3.63, 3.8) is 0 Å². The van der Waals surface area contributed by atoms with Crippen LogP contribution in [0, 0.1) is 17.6 Å². The van der Waals surface area contributed by atoms with E-state index in [2.05, 4.69) is 4.98 Å². The summed E-state index contributed by atoms with van der Waals surface area (Å²) < 4.78 is 58.4. The molecule has 2 atom stereocenters. The summed E-state index contributed by atoms with van der Waals surface area (Å²) in [5, 5.41) is 0.487. The fourth-order valence-corrected chi connectivity index (χ4v) is 5.48. The molecule has 8 nitrogen and oxygen atoms in total. The highest BCUT2D eigenvalue weighted by atomic mass is 35.5. The number of carbonyl (C=O) groups is 1. The molecular formula is C23H27ClF2N4O4S. The number of hydrogen-bond donors (Lipinski definition) is 0. The summed E-state index contributed by atoms with van der Waals surface area (Å²) in [4.78, 5) is 20.7. The van der Waals surface area contributed by atoms with E-state index in [1.165, 1.54) is 22.6 Å². The fraction of sp³-hybridized carbons (Fsp3) is 0.478. The summed E-state index contributed by atoms with van der Waals surface area (Å²) in [5.74, 6) is -1.82. The highest BCUT2D eigenvalue weighted by Gasteiger charge is 2.36. The van der Waals surface area contributed by atoms with Crippen LogP contribution in [0.3, 0.4) is 0 Å². The molecule has 190 valence electrons. The zero-order valence-electron chi connectivity index (χ0n) is 19.2. The first-order valence-corrected chi connectivity index (χ1v) is 13.5. The molecule has 2 unspecified atom stereocenters. The number of rotatable bonds is 5. The van der Waals surface area contributed by atoms with Gasteiger partial charge in [0.2, 0.25) is 15.9 Å². The van der Waals surface area contributed by atoms with Gasteiger partial charge in [0.15, 0.2) is 11.6 Å². The molecular weight excluding hydrogens is 502 g/mol. The van der Waals surface area contributed by atoms with Crippen molar-refractivity contribution in [1.29, 1.82) is 0 Å². The molecule has 0 spiro atoms. The lowest BCUT2D eigenvalue weighted by molar-refractivity contribution is 0.0958. The molecule has 4 rings (SSSR count). The van der Waals surface area contributed by atoms with Crippen LogP contribution in [0.15, 0.2) is 36.5 Å². The molecule has 2 amide bonds. The Morgan fingerprint density at radius 3 is 2.46 bits per heavy atom. The van der Waals surface area contributed by atoms with E-state index in [1.54, 1.807) is 21.9 Å². The van der Waals surface area contributed by atoms with Crippen LogP contribution in [0.2, 0.25) is 5.02 Å². The molecule has 2 aromatic rings. The second-order valence-corrected chi connectivity index (χ2v) is 11.3. The van der Waals surface area contributed by atoms with E-state index >= 15 is 0 Å². The molecule has 3 heterocycles. The highest BCUT2D eigenvalue weighted by molar-refractivity contribution is 7.88. The summed E-state index contributed by atoms with van der Waals surface area (Å²) in [5.41, 5.74) is 0.584. The van der Waals surface area contributed by atoms with Crippen LogP contribution < -0.4 is 4.74 Å². The molecule has 2 saturated heterocycles. The third-order valence-electron chi connectivity index (χ3n) is 6.52. The Hall–Kier alpha value is -2.50. The molecule has 0 N–H and O–H groups in total. The second kappa shape index (κ2) is 10.6. The number of halogens is 3. The van der Waals surface area contributed by atoms with Gasteiger partial charge < -0.3 is 14.5 Å². The van der Waals surface area contributed by atoms with Crippen molar-refractivity contribution >= 4 is 27.7 Å². The number of nitrogens with zero attached hydrogens (tertiary/aromatic N) is 4. The maximum Gasteiger partial charge on any atom is 0.320 e. The number of hydrogen-bond acceptors (Lipinski definition) is 5. The maximum absolute atomic E-state index is 14.1. The number of sulfonamides is 1. The number of piperidine rings is 1. The number of pyridine rings is 1. The van der Waals surface area contributed by atoms with E-state index in [-0.39, 0.29) is 37.6 Å². The SMILES string of the molecule is CS(=O)(=O)N1CCN(C(=O)N2CCC(COc3ccc(Cl)cn3)C(c3ccc(F)c(F)c3)C2)CC1. The lowest BCUT2D eigenvalue weighted by Gasteiger charge is -2.42. The lowest BCUT2D eigenvalue weighted by Crippen LogP contribution is -2.56. The molecule has 0 saturated carbocycles. The molecule has 2 fully saturated rings. The minimum absolute atomic E-state index is 0.0662. The Bertz CT molecular complexity index is 1160. The molecule has 35 heavy (non-hydrogen) atoms. The summed E-state index contributed by atoms with van der Waals surface area (Å²) in [6.45, 7) is 2.14. The number of carbonyl (C=O) groups excluding carboxylic acids is 1. The van der Waals surface area contributed by atoms with Crippen LogP contribution in [0.1, 0.15) is 17.9 Å². The van der Waals surface area contributed by atoms with Crippen LogP contribution in [0.5, 0.6) is 5.88 Å². The van der Waals surface area contributed by atoms with Gasteiger partial charge in [-0.15, -0.1) is 0 Å². The molecule has 12 heteroatoms. The van der Waals surface area contributed by atoms with Crippen molar-refractivity contribution in [3.05, 3.63) is 58.7 Å². The molecule has 0 aliphatic carbocycles. The van der Waals surface area contributed by atoms with Crippen molar-refractivity contribution in [2.24, 2.45) is 5.92 Å². The zero-order chi connectivity index (χ0) is 25.2. The summed E-state index contributed by atoms with van der Waals surface area (Å²) in [6, 6.07) is 6.94. The number of piperazine rings is 1. The lowest BCUT2D eigenvalue weighted by atomic mass is 9.81. The van der Waals surface area contributed by atoms with E-state index in [9.17, 15) is 22.0 Å². The van der Waals surface area contributed by atoms with Crippen molar-refractivity contribution in [2.45, 2.75) is 12.3 Å². The third kappa shape index (κ3) is 6.20. The van der Waals surface area contributed by atoms with Gasteiger partial charge in [0, 0.05) is 63.4 Å². The van der Waals surface area contributed by atoms with Gasteiger partial charge in [0.1, 0.15) is 0 Å². The van der Waals surface area contributed by atoms with Crippen molar-refractivity contribution in [3.8, 4) is 5.88 Å². The zero-order valence-corrected chi connectivity index (χ0v) is 20.8. The van der Waals surface area contributed by atoms with E-state index in [0.717, 1.165) is 12.3 Å². The Balaban J connectivity index is 1.47. The first-order chi connectivity index (χ1) is 16.6. The molecule has 0 bridgehead atoms. The minimum atomic E-state index is -3.30. The fourth-order valence-electron chi connectivity index (χ4n) is 4.55. The van der Waals surface area contributed by atoms with Crippen LogP contribution in [0.4, 0.5) is 13.6 Å². The van der Waals surface area contributed by atoms with E-state index < -0.39 is 21.7 Å². The smallest absolute Gasteiger partial charge is 0.320 e. The topological polar surface area (TPSA) is 83.1 Å². The van der Waals surface area contributed by atoms with E-state index in [0.29, 0.717) is 49.1 Å². The average molecular weight is 529 g/mol. The Morgan fingerprint density at radius 1 is 1.09 bits per heavy atom. The number of likely N-dealkylation sites (tertiary alicyclic amines) is 1. The first-order valence-electron chi connectivity index (χ1n) is 11.3. The van der Waals surface area contributed by atoms with Gasteiger partial charge >= 0.3 is 6.03 Å². The van der Waals surface area contributed by atoms with Crippen LogP contribution in [-0.2, 0) is 10.0 Å². The predicted molar refractivity (Wildman–Crippen MR) is 127 cm³/mol. The Morgan fingerprint density at radius 2 is 1.83 bits per heavy atom. The molecule has 2 aliphatic heterocycles. The van der Waals surface area contributed by atoms with Gasteiger partial charge in [-0.3, -0.25) is 0 Å². The molecule has 1 aromatic heterocycles. The number of amides is 2. The van der Waals surface area contributed by atoms with Gasteiger partial charge in [-0.25, -0.2) is 27.0 Å². The Kier molecular flexibility index (Phi) is 7.77. The number of urea groups is 1. The van der Waals surface area contributed by atoms with Crippen LogP contribution >= 0.6 is 11.6 Å². The summed E-state index contributed by atoms with van der Waals surface area (Å²) in [7, 11) is -3.30. The van der Waals surface area contributed by atoms with Crippen molar-refractivity contribution in [2.75, 3.05) is 52.1 Å². The summed E-state index contributed by atoms with van der Waals surface area (Å²) in [6.07, 6.45) is 3.23. The van der Waals surface area contributed by atoms with Crippen molar-refractivity contribution in [1.82, 2.24) is 19.1 Å². The monoisotopic (exact) mass is 528 g/mol. The summed E-state index contributed by atoms with van der Waals surface area (Å²) >= 11 is 5.87. The highest BCUT2D eigenvalue weighted by Crippen LogP contribution is 2.34. The predicted octanol–water partition coefficient (Wildman–Crippen LogP) is 3.19. The van der Waals surface area contributed by atoms with Gasteiger partial charge in [-0.2, -0.15) is 4.31 Å². The third-order valence-corrected chi connectivity index (χ3v) is 8.05. The number of ether oxygens (including phenoxy) is 1. The second-order valence-electron chi connectivity index (χ2n) is 8.83. The van der Waals surface area contributed by atoms with E-state index in [1.807, 2.05) is 0 Å². The van der Waals surface area contributed by atoms with Crippen LogP contribution in [-0.4, -0.2) is 85.7 Å². The molecule has 2 aliphatic rings. The standard InChI is InChI=1S/C23H27ClF2N4O4S/c1-35(32,33)30-10-8-28(9-11-30)23(31)29-7-6-17(15-34-22-5-3-18(24)13-27-22)19(14-29)16-2-4-20(25)21(26)12-16/h2-5,12-13,17,19H,6-11,14-15H2,1H3. The first kappa shape index (κ1) is 25.6. The quantitative estimate of drug-likeness (QED) is 0.595. The van der Waals surface area contributed by atoms with Gasteiger partial charge in [-0.05, 0) is 30.2 Å². The number of aromatic nitrogens is 1.